The monoisotopic (exact) mass is 296 g/mol. The van der Waals surface area contributed by atoms with E-state index in [1.54, 1.807) is 19.9 Å². The van der Waals surface area contributed by atoms with Gasteiger partial charge in [0.1, 0.15) is 6.10 Å². The smallest absolute Gasteiger partial charge is 0.272 e. The number of aryl methyl sites for hydroxylation is 2. The first kappa shape index (κ1) is 17.1. The van der Waals surface area contributed by atoms with Crippen molar-refractivity contribution < 1.29 is 19.9 Å². The average Bonchev–Trinajstić information content (AvgIpc) is 2.37. The largest absolute Gasteiger partial charge is 0.390 e. The summed E-state index contributed by atoms with van der Waals surface area (Å²) in [6.07, 6.45) is -2.20. The molecule has 0 aliphatic rings. The van der Waals surface area contributed by atoms with Crippen LogP contribution in [0.2, 0.25) is 0 Å². The van der Waals surface area contributed by atoms with Crippen molar-refractivity contribution in [3.05, 3.63) is 38.9 Å². The highest BCUT2D eigenvalue weighted by atomic mass is 16.6. The van der Waals surface area contributed by atoms with Crippen molar-refractivity contribution in [3.63, 3.8) is 0 Å². The minimum atomic E-state index is -1.24. The predicted octanol–water partition coefficient (Wildman–Crippen LogP) is 1.13. The molecule has 2 atom stereocenters. The molecular weight excluding hydrogens is 276 g/mol. The van der Waals surface area contributed by atoms with Crippen LogP contribution in [0.3, 0.4) is 0 Å². The van der Waals surface area contributed by atoms with Gasteiger partial charge < -0.3 is 15.5 Å². The van der Waals surface area contributed by atoms with Gasteiger partial charge in [0.25, 0.3) is 5.69 Å². The van der Waals surface area contributed by atoms with E-state index in [1.165, 1.54) is 13.0 Å². The fourth-order valence-corrected chi connectivity index (χ4v) is 2.13. The molecule has 0 fully saturated rings. The second-order valence-electron chi connectivity index (χ2n) is 5.04. The molecule has 1 aromatic carbocycles. The molecule has 0 saturated heterocycles. The molecule has 0 heterocycles. The van der Waals surface area contributed by atoms with E-state index in [0.29, 0.717) is 16.7 Å². The highest BCUT2D eigenvalue weighted by Crippen LogP contribution is 2.29. The number of nitrogens with one attached hydrogen (secondary N) is 1. The van der Waals surface area contributed by atoms with Gasteiger partial charge in [0.2, 0.25) is 5.91 Å². The Balaban J connectivity index is 2.90. The molecule has 0 spiro atoms. The van der Waals surface area contributed by atoms with Gasteiger partial charge in [-0.2, -0.15) is 0 Å². The molecule has 116 valence electrons. The number of hydrogen-bond donors (Lipinski definition) is 3. The maximum absolute atomic E-state index is 10.9. The zero-order valence-electron chi connectivity index (χ0n) is 12.3. The minimum absolute atomic E-state index is 0.0938. The molecule has 0 aliphatic carbocycles. The zero-order valence-corrected chi connectivity index (χ0v) is 12.3. The van der Waals surface area contributed by atoms with Crippen LogP contribution in [0.15, 0.2) is 12.1 Å². The number of carbonyl (C=O) groups is 1. The summed E-state index contributed by atoms with van der Waals surface area (Å²) in [5.41, 5.74) is 1.40. The zero-order chi connectivity index (χ0) is 16.2. The van der Waals surface area contributed by atoms with Gasteiger partial charge >= 0.3 is 0 Å². The van der Waals surface area contributed by atoms with Gasteiger partial charge in [-0.3, -0.25) is 14.9 Å². The van der Waals surface area contributed by atoms with Crippen molar-refractivity contribution in [3.8, 4) is 0 Å². The van der Waals surface area contributed by atoms with Gasteiger partial charge in [0.05, 0.1) is 11.0 Å². The Kier molecular flexibility index (Phi) is 5.80. The Morgan fingerprint density at radius 1 is 1.33 bits per heavy atom. The van der Waals surface area contributed by atoms with Gasteiger partial charge in [0, 0.05) is 25.1 Å². The topological polar surface area (TPSA) is 113 Å². The fourth-order valence-electron chi connectivity index (χ4n) is 2.13. The maximum Gasteiger partial charge on any atom is 0.272 e. The lowest BCUT2D eigenvalue weighted by Crippen LogP contribution is -2.28. The summed E-state index contributed by atoms with van der Waals surface area (Å²) in [4.78, 5) is 21.2. The highest BCUT2D eigenvalue weighted by Gasteiger charge is 2.23. The Hall–Kier alpha value is -1.99. The van der Waals surface area contributed by atoms with Crippen molar-refractivity contribution in [1.29, 1.82) is 0 Å². The molecule has 0 aromatic heterocycles. The van der Waals surface area contributed by atoms with E-state index in [-0.39, 0.29) is 24.6 Å². The molecule has 1 amide bonds. The third-order valence-corrected chi connectivity index (χ3v) is 3.28. The maximum atomic E-state index is 10.9. The van der Waals surface area contributed by atoms with E-state index in [0.717, 1.165) is 0 Å². The average molecular weight is 296 g/mol. The number of rotatable bonds is 6. The van der Waals surface area contributed by atoms with Crippen LogP contribution < -0.4 is 5.32 Å². The molecule has 2 unspecified atom stereocenters. The number of carbonyl (C=O) groups excluding carboxylic acids is 1. The van der Waals surface area contributed by atoms with Crippen LogP contribution in [-0.4, -0.2) is 33.7 Å². The second kappa shape index (κ2) is 7.14. The van der Waals surface area contributed by atoms with Crippen LogP contribution in [0.1, 0.15) is 36.1 Å². The predicted molar refractivity (Wildman–Crippen MR) is 76.8 cm³/mol. The van der Waals surface area contributed by atoms with Gasteiger partial charge in [-0.25, -0.2) is 0 Å². The first-order chi connectivity index (χ1) is 9.73. The summed E-state index contributed by atoms with van der Waals surface area (Å²) in [6, 6.07) is 2.90. The summed E-state index contributed by atoms with van der Waals surface area (Å²) < 4.78 is 0. The Morgan fingerprint density at radius 2 is 1.95 bits per heavy atom. The van der Waals surface area contributed by atoms with Gasteiger partial charge in [-0.05, 0) is 37.5 Å². The summed E-state index contributed by atoms with van der Waals surface area (Å²) in [5, 5.41) is 33.5. The number of aliphatic hydroxyl groups excluding tert-OH is 2. The van der Waals surface area contributed by atoms with E-state index in [9.17, 15) is 25.1 Å². The van der Waals surface area contributed by atoms with Crippen LogP contribution in [0.4, 0.5) is 5.69 Å². The third-order valence-electron chi connectivity index (χ3n) is 3.28. The molecule has 0 saturated carbocycles. The van der Waals surface area contributed by atoms with Crippen LogP contribution in [0, 0.1) is 24.0 Å². The second-order valence-corrected chi connectivity index (χ2v) is 5.04. The van der Waals surface area contributed by atoms with Gasteiger partial charge in [-0.15, -0.1) is 0 Å². The number of nitro benzene ring substituents is 1. The first-order valence-electron chi connectivity index (χ1n) is 6.60. The van der Waals surface area contributed by atoms with Crippen molar-refractivity contribution in [2.24, 2.45) is 0 Å². The van der Waals surface area contributed by atoms with Crippen molar-refractivity contribution >= 4 is 11.6 Å². The van der Waals surface area contributed by atoms with Gasteiger partial charge in [-0.1, -0.05) is 0 Å². The normalized spacial score (nSPS) is 13.6. The first-order valence-corrected chi connectivity index (χ1v) is 6.60. The number of benzene rings is 1. The van der Waals surface area contributed by atoms with E-state index >= 15 is 0 Å². The summed E-state index contributed by atoms with van der Waals surface area (Å²) in [7, 11) is 0. The molecule has 7 heteroatoms. The Morgan fingerprint density at radius 3 is 2.48 bits per heavy atom. The molecule has 21 heavy (non-hydrogen) atoms. The lowest BCUT2D eigenvalue weighted by Gasteiger charge is -2.20. The lowest BCUT2D eigenvalue weighted by molar-refractivity contribution is -0.385. The van der Waals surface area contributed by atoms with E-state index < -0.39 is 17.1 Å². The standard InChI is InChI=1S/C14H20N2O5/c1-8-6-9(2)12(16(20)21)7-11(8)14(19)13(18)4-5-15-10(3)17/h6-7,13-14,18-19H,4-5H2,1-3H3,(H,15,17). The van der Waals surface area contributed by atoms with Crippen LogP contribution in [0.5, 0.6) is 0 Å². The molecule has 0 radical (unpaired) electrons. The molecule has 0 aliphatic heterocycles. The molecule has 1 aromatic rings. The van der Waals surface area contributed by atoms with Crippen LogP contribution in [0.25, 0.3) is 0 Å². The van der Waals surface area contributed by atoms with Crippen LogP contribution in [-0.2, 0) is 4.79 Å². The van der Waals surface area contributed by atoms with Crippen molar-refractivity contribution in [2.45, 2.75) is 39.4 Å². The Bertz CT molecular complexity index is 544. The molecule has 3 N–H and O–H groups in total. The molecular formula is C14H20N2O5. The number of amides is 1. The van der Waals surface area contributed by atoms with E-state index in [4.69, 9.17) is 0 Å². The Labute approximate surface area is 122 Å². The minimum Gasteiger partial charge on any atom is -0.390 e. The summed E-state index contributed by atoms with van der Waals surface area (Å²) in [5.74, 6) is -0.223. The van der Waals surface area contributed by atoms with E-state index in [2.05, 4.69) is 5.32 Å². The quantitative estimate of drug-likeness (QED) is 0.538. The van der Waals surface area contributed by atoms with Crippen LogP contribution >= 0.6 is 0 Å². The molecule has 7 nitrogen and oxygen atoms in total. The lowest BCUT2D eigenvalue weighted by atomic mass is 9.95. The van der Waals surface area contributed by atoms with Crippen molar-refractivity contribution in [1.82, 2.24) is 5.32 Å². The third kappa shape index (κ3) is 4.51. The SMILES string of the molecule is CC(=O)NCCC(O)C(O)c1cc([N+](=O)[O-])c(C)cc1C. The van der Waals surface area contributed by atoms with Gasteiger partial charge in [0.15, 0.2) is 0 Å². The highest BCUT2D eigenvalue weighted by molar-refractivity contribution is 5.72. The number of hydrogen-bond acceptors (Lipinski definition) is 5. The van der Waals surface area contributed by atoms with E-state index in [1.807, 2.05) is 0 Å². The number of nitrogens with zero attached hydrogens (tertiary/aromatic N) is 1. The molecule has 1 rings (SSSR count). The molecule has 0 bridgehead atoms. The summed E-state index contributed by atoms with van der Waals surface area (Å²) >= 11 is 0. The van der Waals surface area contributed by atoms with Crippen molar-refractivity contribution in [2.75, 3.05) is 6.54 Å². The number of nitro groups is 1. The summed E-state index contributed by atoms with van der Waals surface area (Å²) in [6.45, 7) is 4.92. The number of aliphatic hydroxyl groups is 2. The fraction of sp³-hybridized carbons (Fsp3) is 0.500.